The van der Waals surface area contributed by atoms with Crippen molar-refractivity contribution in [2.45, 2.75) is 26.4 Å². The first kappa shape index (κ1) is 16.3. The smallest absolute Gasteiger partial charge is 0.338 e. The summed E-state index contributed by atoms with van der Waals surface area (Å²) in [7, 11) is 4.02. The first-order valence-corrected chi connectivity index (χ1v) is 6.78. The maximum Gasteiger partial charge on any atom is 0.338 e. The molecule has 0 aliphatic carbocycles. The summed E-state index contributed by atoms with van der Waals surface area (Å²) in [5, 5.41) is 0. The van der Waals surface area contributed by atoms with Crippen LogP contribution in [0.15, 0.2) is 18.2 Å². The van der Waals surface area contributed by atoms with E-state index in [1.165, 1.54) is 0 Å². The minimum atomic E-state index is -0.363. The molecule has 0 radical (unpaired) electrons. The van der Waals surface area contributed by atoms with E-state index in [1.807, 2.05) is 27.9 Å². The summed E-state index contributed by atoms with van der Waals surface area (Å²) in [5.41, 5.74) is 6.82. The third kappa shape index (κ3) is 5.48. The van der Waals surface area contributed by atoms with E-state index in [9.17, 15) is 4.79 Å². The summed E-state index contributed by atoms with van der Waals surface area (Å²) in [6.07, 6.45) is 0.747. The van der Waals surface area contributed by atoms with Crippen LogP contribution in [0.1, 0.15) is 30.6 Å². The van der Waals surface area contributed by atoms with Crippen LogP contribution in [0.25, 0.3) is 0 Å². The van der Waals surface area contributed by atoms with Gasteiger partial charge in [-0.25, -0.2) is 4.79 Å². The van der Waals surface area contributed by atoms with Crippen LogP contribution in [-0.2, 0) is 4.74 Å². The van der Waals surface area contributed by atoms with Crippen LogP contribution in [0, 0.1) is 0 Å². The van der Waals surface area contributed by atoms with Crippen LogP contribution in [0.3, 0.4) is 0 Å². The number of anilines is 1. The molecule has 0 aliphatic heterocycles. The molecule has 0 bridgehead atoms. The molecule has 0 fully saturated rings. The van der Waals surface area contributed by atoms with Crippen LogP contribution in [-0.4, -0.2) is 44.2 Å². The van der Waals surface area contributed by atoms with Gasteiger partial charge in [0, 0.05) is 6.54 Å². The number of benzene rings is 1. The van der Waals surface area contributed by atoms with Crippen LogP contribution in [0.2, 0.25) is 0 Å². The average molecular weight is 280 g/mol. The lowest BCUT2D eigenvalue weighted by atomic mass is 10.2. The van der Waals surface area contributed by atoms with E-state index in [0.29, 0.717) is 23.6 Å². The molecule has 1 aromatic rings. The van der Waals surface area contributed by atoms with Crippen LogP contribution >= 0.6 is 0 Å². The molecular formula is C15H24N2O3. The first-order chi connectivity index (χ1) is 9.40. The normalized spacial score (nSPS) is 10.9. The summed E-state index contributed by atoms with van der Waals surface area (Å²) in [4.78, 5) is 13.9. The van der Waals surface area contributed by atoms with E-state index in [4.69, 9.17) is 15.2 Å². The molecule has 0 aromatic heterocycles. The van der Waals surface area contributed by atoms with Crippen molar-refractivity contribution in [3.8, 4) is 5.75 Å². The van der Waals surface area contributed by atoms with E-state index in [2.05, 4.69) is 4.90 Å². The Kier molecular flexibility index (Phi) is 6.31. The predicted octanol–water partition coefficient (Wildman–Crippen LogP) is 2.16. The Labute approximate surface area is 120 Å². The number of rotatable bonds is 7. The highest BCUT2D eigenvalue weighted by molar-refractivity contribution is 5.90. The zero-order valence-electron chi connectivity index (χ0n) is 12.7. The molecule has 0 unspecified atom stereocenters. The topological polar surface area (TPSA) is 64.8 Å². The van der Waals surface area contributed by atoms with Crippen LogP contribution in [0.4, 0.5) is 5.69 Å². The first-order valence-electron chi connectivity index (χ1n) is 6.78. The van der Waals surface area contributed by atoms with E-state index in [1.54, 1.807) is 18.2 Å². The third-order valence-electron chi connectivity index (χ3n) is 2.60. The predicted molar refractivity (Wildman–Crippen MR) is 80.1 cm³/mol. The molecule has 0 spiro atoms. The van der Waals surface area contributed by atoms with Gasteiger partial charge in [-0.3, -0.25) is 0 Å². The Hall–Kier alpha value is -1.75. The van der Waals surface area contributed by atoms with Crippen LogP contribution in [0.5, 0.6) is 5.75 Å². The number of carbonyl (C=O) groups excluding carboxylic acids is 1. The van der Waals surface area contributed by atoms with Gasteiger partial charge in [-0.2, -0.15) is 0 Å². The second-order valence-corrected chi connectivity index (χ2v) is 5.21. The number of hydrogen-bond acceptors (Lipinski definition) is 5. The third-order valence-corrected chi connectivity index (χ3v) is 2.60. The van der Waals surface area contributed by atoms with Crippen molar-refractivity contribution in [2.75, 3.05) is 33.0 Å². The van der Waals surface area contributed by atoms with Crippen molar-refractivity contribution in [1.29, 1.82) is 0 Å². The monoisotopic (exact) mass is 280 g/mol. The van der Waals surface area contributed by atoms with Gasteiger partial charge in [-0.05, 0) is 52.6 Å². The van der Waals surface area contributed by atoms with Gasteiger partial charge >= 0.3 is 5.97 Å². The number of esters is 1. The van der Waals surface area contributed by atoms with Gasteiger partial charge in [-0.15, -0.1) is 0 Å². The molecule has 0 amide bonds. The van der Waals surface area contributed by atoms with Crippen LogP contribution < -0.4 is 10.5 Å². The molecule has 20 heavy (non-hydrogen) atoms. The molecule has 0 heterocycles. The number of nitrogen functional groups attached to an aromatic ring is 1. The maximum atomic E-state index is 11.8. The van der Waals surface area contributed by atoms with Gasteiger partial charge in [0.05, 0.1) is 24.0 Å². The standard InChI is InChI=1S/C15H24N2O3/c1-11(2)20-15(18)12-6-7-13(16)14(10-12)19-9-5-8-17(3)4/h6-7,10-11H,5,8-9,16H2,1-4H3. The van der Waals surface area contributed by atoms with Crippen molar-refractivity contribution < 1.29 is 14.3 Å². The molecule has 0 saturated carbocycles. The Morgan fingerprint density at radius 2 is 2.05 bits per heavy atom. The molecule has 5 nitrogen and oxygen atoms in total. The van der Waals surface area contributed by atoms with Crippen molar-refractivity contribution >= 4 is 11.7 Å². The van der Waals surface area contributed by atoms with Crippen molar-refractivity contribution in [3.05, 3.63) is 23.8 Å². The lowest BCUT2D eigenvalue weighted by Gasteiger charge is -2.13. The van der Waals surface area contributed by atoms with Gasteiger partial charge < -0.3 is 20.1 Å². The Morgan fingerprint density at radius 3 is 2.65 bits per heavy atom. The summed E-state index contributed by atoms with van der Waals surface area (Å²) < 4.78 is 10.8. The number of carbonyl (C=O) groups is 1. The minimum absolute atomic E-state index is 0.149. The number of nitrogens with zero attached hydrogens (tertiary/aromatic N) is 1. The summed E-state index contributed by atoms with van der Waals surface area (Å²) in [6, 6.07) is 4.95. The van der Waals surface area contributed by atoms with E-state index in [0.717, 1.165) is 13.0 Å². The summed E-state index contributed by atoms with van der Waals surface area (Å²) >= 11 is 0. The molecule has 0 saturated heterocycles. The van der Waals surface area contributed by atoms with E-state index < -0.39 is 0 Å². The molecule has 1 rings (SSSR count). The molecule has 5 heteroatoms. The zero-order chi connectivity index (χ0) is 15.1. The van der Waals surface area contributed by atoms with E-state index in [-0.39, 0.29) is 12.1 Å². The molecule has 2 N–H and O–H groups in total. The van der Waals surface area contributed by atoms with Gasteiger partial charge in [0.15, 0.2) is 0 Å². The number of nitrogens with two attached hydrogens (primary N) is 1. The highest BCUT2D eigenvalue weighted by atomic mass is 16.5. The van der Waals surface area contributed by atoms with Gasteiger partial charge in [0.1, 0.15) is 5.75 Å². The second-order valence-electron chi connectivity index (χ2n) is 5.21. The fourth-order valence-corrected chi connectivity index (χ4v) is 1.63. The highest BCUT2D eigenvalue weighted by Gasteiger charge is 2.12. The van der Waals surface area contributed by atoms with Gasteiger partial charge in [0.2, 0.25) is 0 Å². The highest BCUT2D eigenvalue weighted by Crippen LogP contribution is 2.23. The zero-order valence-corrected chi connectivity index (χ0v) is 12.7. The Bertz CT molecular complexity index is 445. The maximum absolute atomic E-state index is 11.8. The second kappa shape index (κ2) is 7.75. The fraction of sp³-hybridized carbons (Fsp3) is 0.533. The number of ether oxygens (including phenoxy) is 2. The Balaban J connectivity index is 2.64. The fourth-order valence-electron chi connectivity index (χ4n) is 1.63. The quantitative estimate of drug-likeness (QED) is 0.471. The summed E-state index contributed by atoms with van der Waals surface area (Å²) in [5.74, 6) is 0.167. The number of hydrogen-bond donors (Lipinski definition) is 1. The molecule has 0 aliphatic rings. The SMILES string of the molecule is CC(C)OC(=O)c1ccc(N)c(OCCCN(C)C)c1. The van der Waals surface area contributed by atoms with E-state index >= 15 is 0 Å². The summed E-state index contributed by atoms with van der Waals surface area (Å²) in [6.45, 7) is 5.13. The molecule has 1 aromatic carbocycles. The molecule has 0 atom stereocenters. The molecular weight excluding hydrogens is 256 g/mol. The molecule has 112 valence electrons. The largest absolute Gasteiger partial charge is 0.491 e. The van der Waals surface area contributed by atoms with Gasteiger partial charge in [0.25, 0.3) is 0 Å². The van der Waals surface area contributed by atoms with Crippen molar-refractivity contribution in [2.24, 2.45) is 0 Å². The minimum Gasteiger partial charge on any atom is -0.491 e. The van der Waals surface area contributed by atoms with Gasteiger partial charge in [-0.1, -0.05) is 0 Å². The lowest BCUT2D eigenvalue weighted by Crippen LogP contribution is -2.16. The average Bonchev–Trinajstić information content (AvgIpc) is 2.35. The van der Waals surface area contributed by atoms with Crippen molar-refractivity contribution in [3.63, 3.8) is 0 Å². The van der Waals surface area contributed by atoms with Crippen molar-refractivity contribution in [1.82, 2.24) is 4.90 Å². The lowest BCUT2D eigenvalue weighted by molar-refractivity contribution is 0.0377. The Morgan fingerprint density at radius 1 is 1.35 bits per heavy atom.